The number of hydrogen-bond donors (Lipinski definition) is 1. The maximum atomic E-state index is 11.3. The van der Waals surface area contributed by atoms with E-state index < -0.39 is 16.8 Å². The van der Waals surface area contributed by atoms with Gasteiger partial charge in [0.15, 0.2) is 5.78 Å². The van der Waals surface area contributed by atoms with E-state index in [0.717, 1.165) is 18.0 Å². The lowest BCUT2D eigenvalue weighted by Gasteiger charge is -2.25. The number of benzene rings is 1. The number of rotatable bonds is 8. The van der Waals surface area contributed by atoms with Crippen LogP contribution in [0.4, 0.5) is 5.69 Å². The van der Waals surface area contributed by atoms with E-state index in [2.05, 4.69) is 6.58 Å². The quantitative estimate of drug-likeness (QED) is 0.449. The van der Waals surface area contributed by atoms with Crippen LogP contribution in [0.3, 0.4) is 0 Å². The number of aliphatic hydroxyl groups excluding tert-OH is 1. The Kier molecular flexibility index (Phi) is 6.29. The van der Waals surface area contributed by atoms with Crippen LogP contribution in [0.1, 0.15) is 12.5 Å². The summed E-state index contributed by atoms with van der Waals surface area (Å²) in [7, 11) is 0. The zero-order valence-corrected chi connectivity index (χ0v) is 11.8. The first-order valence-corrected chi connectivity index (χ1v) is 6.49. The molecule has 1 aromatic rings. The number of nitro groups is 1. The van der Waals surface area contributed by atoms with E-state index >= 15 is 0 Å². The number of anilines is 1. The second-order valence-electron chi connectivity index (χ2n) is 4.35. The molecule has 21 heavy (non-hydrogen) atoms. The van der Waals surface area contributed by atoms with E-state index in [0.29, 0.717) is 12.1 Å². The molecule has 112 valence electrons. The van der Waals surface area contributed by atoms with Gasteiger partial charge in [-0.05, 0) is 30.7 Å². The summed E-state index contributed by atoms with van der Waals surface area (Å²) in [4.78, 5) is 22.9. The molecule has 0 fully saturated rings. The average Bonchev–Trinajstić information content (AvgIpc) is 2.50. The van der Waals surface area contributed by atoms with Crippen molar-refractivity contribution in [1.29, 1.82) is 0 Å². The molecular weight excluding hydrogens is 272 g/mol. The van der Waals surface area contributed by atoms with Gasteiger partial charge >= 0.3 is 0 Å². The normalized spacial score (nSPS) is 12.1. The molecule has 6 heteroatoms. The van der Waals surface area contributed by atoms with Crippen LogP contribution in [0.2, 0.25) is 0 Å². The smallest absolute Gasteiger partial charge is 0.235 e. The topological polar surface area (TPSA) is 83.7 Å². The highest BCUT2D eigenvalue weighted by atomic mass is 16.6. The second kappa shape index (κ2) is 7.96. The minimum atomic E-state index is -1.11. The summed E-state index contributed by atoms with van der Waals surface area (Å²) < 4.78 is 0. The van der Waals surface area contributed by atoms with Gasteiger partial charge in [-0.3, -0.25) is 14.9 Å². The Morgan fingerprint density at radius 3 is 2.57 bits per heavy atom. The highest BCUT2D eigenvalue weighted by molar-refractivity contribution is 5.93. The largest absolute Gasteiger partial charge is 0.383 e. The lowest BCUT2D eigenvalue weighted by Crippen LogP contribution is -2.36. The molecule has 1 unspecified atom stereocenters. The summed E-state index contributed by atoms with van der Waals surface area (Å²) in [5, 5.41) is 20.0. The first-order chi connectivity index (χ1) is 9.97. The van der Waals surface area contributed by atoms with E-state index in [9.17, 15) is 20.0 Å². The van der Waals surface area contributed by atoms with Gasteiger partial charge in [-0.15, -0.1) is 0 Å². The van der Waals surface area contributed by atoms with Crippen molar-refractivity contribution in [2.75, 3.05) is 18.0 Å². The molecule has 0 aliphatic rings. The summed E-state index contributed by atoms with van der Waals surface area (Å²) in [5.74, 6) is -0.418. The van der Waals surface area contributed by atoms with Gasteiger partial charge in [-0.2, -0.15) is 0 Å². The third-order valence-electron chi connectivity index (χ3n) is 2.95. The van der Waals surface area contributed by atoms with Crippen molar-refractivity contribution in [2.24, 2.45) is 0 Å². The highest BCUT2D eigenvalue weighted by Crippen LogP contribution is 2.16. The molecule has 6 nitrogen and oxygen atoms in total. The summed E-state index contributed by atoms with van der Waals surface area (Å²) in [5.41, 5.74) is 1.53. The lowest BCUT2D eigenvalue weighted by atomic mass is 10.1. The molecule has 0 spiro atoms. The molecule has 0 saturated heterocycles. The molecule has 0 heterocycles. The van der Waals surface area contributed by atoms with E-state index in [1.165, 1.54) is 6.08 Å². The van der Waals surface area contributed by atoms with Crippen molar-refractivity contribution in [3.63, 3.8) is 0 Å². The number of carbonyl (C=O) groups is 1. The number of carbonyl (C=O) groups excluding carboxylic acids is 1. The Morgan fingerprint density at radius 2 is 2.10 bits per heavy atom. The minimum Gasteiger partial charge on any atom is -0.383 e. The van der Waals surface area contributed by atoms with E-state index in [4.69, 9.17) is 0 Å². The predicted molar refractivity (Wildman–Crippen MR) is 81.6 cm³/mol. The Morgan fingerprint density at radius 1 is 1.48 bits per heavy atom. The third-order valence-corrected chi connectivity index (χ3v) is 2.95. The molecule has 1 aromatic carbocycles. The summed E-state index contributed by atoms with van der Waals surface area (Å²) in [6.07, 6.45) is 2.26. The van der Waals surface area contributed by atoms with Crippen LogP contribution < -0.4 is 4.90 Å². The number of nitrogens with zero attached hydrogens (tertiary/aromatic N) is 2. The SMILES string of the molecule is C=CC(=O)C(O)CN(CC)c1ccc(C=C[N+](=O)[O-])cc1. The van der Waals surface area contributed by atoms with Crippen molar-refractivity contribution >= 4 is 17.5 Å². The number of likely N-dealkylation sites (N-methyl/N-ethyl adjacent to an activating group) is 1. The van der Waals surface area contributed by atoms with Gasteiger partial charge in [0, 0.05) is 18.3 Å². The lowest BCUT2D eigenvalue weighted by molar-refractivity contribution is -0.400. The average molecular weight is 290 g/mol. The van der Waals surface area contributed by atoms with E-state index in [1.54, 1.807) is 24.3 Å². The van der Waals surface area contributed by atoms with Crippen molar-refractivity contribution in [2.45, 2.75) is 13.0 Å². The van der Waals surface area contributed by atoms with Crippen molar-refractivity contribution in [3.05, 3.63) is 58.8 Å². The first kappa shape index (κ1) is 16.6. The molecule has 0 amide bonds. The molecule has 0 bridgehead atoms. The zero-order chi connectivity index (χ0) is 15.8. The van der Waals surface area contributed by atoms with Crippen molar-refractivity contribution < 1.29 is 14.8 Å². The van der Waals surface area contributed by atoms with Crippen LogP contribution in [0, 0.1) is 10.1 Å². The Labute approximate surface area is 123 Å². The van der Waals surface area contributed by atoms with Crippen LogP contribution in [0.15, 0.2) is 43.1 Å². The predicted octanol–water partition coefficient (Wildman–Crippen LogP) is 1.88. The molecule has 1 atom stereocenters. The third kappa shape index (κ3) is 5.19. The van der Waals surface area contributed by atoms with Crippen molar-refractivity contribution in [1.82, 2.24) is 0 Å². The molecule has 0 radical (unpaired) electrons. The van der Waals surface area contributed by atoms with Gasteiger partial charge in [-0.25, -0.2) is 0 Å². The van der Waals surface area contributed by atoms with Crippen LogP contribution in [-0.2, 0) is 4.79 Å². The molecular formula is C15H18N2O4. The summed E-state index contributed by atoms with van der Waals surface area (Å²) in [6, 6.07) is 7.04. The number of aliphatic hydroxyl groups is 1. The number of ketones is 1. The first-order valence-electron chi connectivity index (χ1n) is 6.49. The van der Waals surface area contributed by atoms with Gasteiger partial charge in [0.1, 0.15) is 6.10 Å². The highest BCUT2D eigenvalue weighted by Gasteiger charge is 2.15. The van der Waals surface area contributed by atoms with Crippen LogP contribution >= 0.6 is 0 Å². The molecule has 1 N–H and O–H groups in total. The minimum absolute atomic E-state index is 0.172. The van der Waals surface area contributed by atoms with Gasteiger partial charge in [0.2, 0.25) is 6.20 Å². The summed E-state index contributed by atoms with van der Waals surface area (Å²) in [6.45, 7) is 6.04. The molecule has 0 aliphatic heterocycles. The Bertz CT molecular complexity index is 537. The molecule has 1 rings (SSSR count). The maximum Gasteiger partial charge on any atom is 0.235 e. The fourth-order valence-electron chi connectivity index (χ4n) is 1.80. The van der Waals surface area contributed by atoms with Gasteiger partial charge < -0.3 is 10.0 Å². The van der Waals surface area contributed by atoms with Crippen molar-refractivity contribution in [3.8, 4) is 0 Å². The molecule has 0 aromatic heterocycles. The maximum absolute atomic E-state index is 11.3. The fourth-order valence-corrected chi connectivity index (χ4v) is 1.80. The van der Waals surface area contributed by atoms with Gasteiger partial charge in [0.05, 0.1) is 11.5 Å². The molecule has 0 aliphatic carbocycles. The van der Waals surface area contributed by atoms with E-state index in [-0.39, 0.29) is 6.54 Å². The monoisotopic (exact) mass is 290 g/mol. The second-order valence-corrected chi connectivity index (χ2v) is 4.35. The van der Waals surface area contributed by atoms with Gasteiger partial charge in [-0.1, -0.05) is 18.7 Å². The van der Waals surface area contributed by atoms with Crippen LogP contribution in [0.25, 0.3) is 6.08 Å². The summed E-state index contributed by atoms with van der Waals surface area (Å²) >= 11 is 0. The Hall–Kier alpha value is -2.47. The number of hydrogen-bond acceptors (Lipinski definition) is 5. The fraction of sp³-hybridized carbons (Fsp3) is 0.267. The zero-order valence-electron chi connectivity index (χ0n) is 11.8. The van der Waals surface area contributed by atoms with Gasteiger partial charge in [0.25, 0.3) is 0 Å². The van der Waals surface area contributed by atoms with Crippen LogP contribution in [0.5, 0.6) is 0 Å². The standard InChI is InChI=1S/C15H18N2O4/c1-3-14(18)15(19)11-16(4-2)13-7-5-12(6-8-13)9-10-17(20)21/h3,5-10,15,19H,1,4,11H2,2H3. The Balaban J connectivity index is 2.80. The molecule has 0 saturated carbocycles. The van der Waals surface area contributed by atoms with E-state index in [1.807, 2.05) is 11.8 Å². The van der Waals surface area contributed by atoms with Crippen LogP contribution in [-0.4, -0.2) is 35.0 Å².